The van der Waals surface area contributed by atoms with Gasteiger partial charge in [-0.25, -0.2) is 17.2 Å². The third-order valence-electron chi connectivity index (χ3n) is 2.43. The lowest BCUT2D eigenvalue weighted by Gasteiger charge is -2.07. The number of aromatic nitrogens is 1. The lowest BCUT2D eigenvalue weighted by molar-refractivity contribution is 0.590. The van der Waals surface area contributed by atoms with Gasteiger partial charge in [-0.15, -0.1) is 0 Å². The first-order chi connectivity index (χ1) is 8.88. The zero-order chi connectivity index (χ0) is 14.0. The summed E-state index contributed by atoms with van der Waals surface area (Å²) in [5.41, 5.74) is 5.64. The smallest absolute Gasteiger partial charge is 0.184 e. The van der Waals surface area contributed by atoms with Gasteiger partial charge in [0.05, 0.1) is 22.5 Å². The Morgan fingerprint density at radius 2 is 1.84 bits per heavy atom. The van der Waals surface area contributed by atoms with Crippen LogP contribution in [0.1, 0.15) is 5.56 Å². The van der Waals surface area contributed by atoms with Gasteiger partial charge < -0.3 is 5.73 Å². The molecule has 2 rings (SSSR count). The average Bonchev–Trinajstić information content (AvgIpc) is 2.31. The zero-order valence-corrected chi connectivity index (χ0v) is 10.5. The standard InChI is InChI=1S/C12H10F2N2O2S/c13-9-1-2-11(15)12(4-9)19(17,18)7-8-3-10(14)6-16-5-8/h1-6H,7,15H2. The van der Waals surface area contributed by atoms with Crippen LogP contribution in [-0.2, 0) is 15.6 Å². The van der Waals surface area contributed by atoms with Crippen molar-refractivity contribution in [1.29, 1.82) is 0 Å². The van der Waals surface area contributed by atoms with Gasteiger partial charge in [0.1, 0.15) is 11.6 Å². The number of nitrogen functional groups attached to an aromatic ring is 1. The molecule has 0 amide bonds. The highest BCUT2D eigenvalue weighted by Gasteiger charge is 2.19. The molecule has 0 aliphatic carbocycles. The molecular weight excluding hydrogens is 274 g/mol. The second-order valence-electron chi connectivity index (χ2n) is 3.95. The van der Waals surface area contributed by atoms with Crippen LogP contribution in [0.2, 0.25) is 0 Å². The average molecular weight is 284 g/mol. The maximum absolute atomic E-state index is 13.1. The summed E-state index contributed by atoms with van der Waals surface area (Å²) in [6.07, 6.45) is 2.20. The van der Waals surface area contributed by atoms with Crippen molar-refractivity contribution in [2.75, 3.05) is 5.73 Å². The van der Waals surface area contributed by atoms with Gasteiger partial charge >= 0.3 is 0 Å². The SMILES string of the molecule is Nc1ccc(F)cc1S(=O)(=O)Cc1cncc(F)c1. The third kappa shape index (κ3) is 3.05. The van der Waals surface area contributed by atoms with E-state index in [-0.39, 0.29) is 16.1 Å². The van der Waals surface area contributed by atoms with Crippen molar-refractivity contribution in [2.24, 2.45) is 0 Å². The van der Waals surface area contributed by atoms with Gasteiger partial charge in [0, 0.05) is 6.20 Å². The second-order valence-corrected chi connectivity index (χ2v) is 5.91. The Balaban J connectivity index is 2.40. The molecular formula is C12H10F2N2O2S. The highest BCUT2D eigenvalue weighted by molar-refractivity contribution is 7.90. The molecule has 0 aliphatic heterocycles. The Kier molecular flexibility index (Phi) is 3.48. The predicted octanol–water partition coefficient (Wildman–Crippen LogP) is 1.92. The van der Waals surface area contributed by atoms with Crippen molar-refractivity contribution in [2.45, 2.75) is 10.6 Å². The molecule has 2 aromatic rings. The minimum absolute atomic E-state index is 0.0502. The van der Waals surface area contributed by atoms with Crippen molar-refractivity contribution >= 4 is 15.5 Å². The number of anilines is 1. The van der Waals surface area contributed by atoms with Gasteiger partial charge in [0.25, 0.3) is 0 Å². The number of sulfone groups is 1. The number of rotatable bonds is 3. The molecule has 0 spiro atoms. The highest BCUT2D eigenvalue weighted by Crippen LogP contribution is 2.23. The van der Waals surface area contributed by atoms with Crippen molar-refractivity contribution in [1.82, 2.24) is 4.98 Å². The van der Waals surface area contributed by atoms with Crippen LogP contribution in [0, 0.1) is 11.6 Å². The maximum atomic E-state index is 13.1. The lowest BCUT2D eigenvalue weighted by atomic mass is 10.3. The molecule has 7 heteroatoms. The van der Waals surface area contributed by atoms with Crippen LogP contribution in [0.15, 0.2) is 41.6 Å². The Morgan fingerprint density at radius 1 is 1.11 bits per heavy atom. The van der Waals surface area contributed by atoms with Gasteiger partial charge in [-0.1, -0.05) is 0 Å². The van der Waals surface area contributed by atoms with Crippen LogP contribution in [0.25, 0.3) is 0 Å². The van der Waals surface area contributed by atoms with Crippen LogP contribution in [0.3, 0.4) is 0 Å². The summed E-state index contributed by atoms with van der Waals surface area (Å²) < 4.78 is 50.2. The van der Waals surface area contributed by atoms with Crippen LogP contribution >= 0.6 is 0 Å². The van der Waals surface area contributed by atoms with E-state index >= 15 is 0 Å². The van der Waals surface area contributed by atoms with Crippen molar-refractivity contribution in [3.63, 3.8) is 0 Å². The van der Waals surface area contributed by atoms with Gasteiger partial charge in [-0.3, -0.25) is 4.98 Å². The van der Waals surface area contributed by atoms with E-state index in [0.717, 1.165) is 24.4 Å². The van der Waals surface area contributed by atoms with E-state index in [1.807, 2.05) is 0 Å². The van der Waals surface area contributed by atoms with E-state index in [2.05, 4.69) is 4.98 Å². The molecule has 0 saturated carbocycles. The Bertz CT molecular complexity index is 717. The van der Waals surface area contributed by atoms with Gasteiger partial charge in [-0.05, 0) is 29.8 Å². The minimum atomic E-state index is -3.85. The summed E-state index contributed by atoms with van der Waals surface area (Å²) >= 11 is 0. The molecule has 0 aliphatic rings. The molecule has 1 aromatic carbocycles. The number of hydrogen-bond acceptors (Lipinski definition) is 4. The summed E-state index contributed by atoms with van der Waals surface area (Å²) in [6, 6.07) is 4.14. The van der Waals surface area contributed by atoms with E-state index in [4.69, 9.17) is 5.73 Å². The van der Waals surface area contributed by atoms with Gasteiger partial charge in [-0.2, -0.15) is 0 Å². The number of hydrogen-bond donors (Lipinski definition) is 1. The monoisotopic (exact) mass is 284 g/mol. The number of benzene rings is 1. The van der Waals surface area contributed by atoms with Crippen LogP contribution in [0.4, 0.5) is 14.5 Å². The van der Waals surface area contributed by atoms with Gasteiger partial charge in [0.15, 0.2) is 9.84 Å². The Hall–Kier alpha value is -2.02. The Morgan fingerprint density at radius 3 is 2.53 bits per heavy atom. The molecule has 1 aromatic heterocycles. The maximum Gasteiger partial charge on any atom is 0.184 e. The fourth-order valence-electron chi connectivity index (χ4n) is 1.61. The summed E-state index contributed by atoms with van der Waals surface area (Å²) in [5, 5.41) is 0. The summed E-state index contributed by atoms with van der Waals surface area (Å²) in [6.45, 7) is 0. The van der Waals surface area contributed by atoms with Crippen LogP contribution in [-0.4, -0.2) is 13.4 Å². The summed E-state index contributed by atoms with van der Waals surface area (Å²) in [4.78, 5) is 3.25. The zero-order valence-electron chi connectivity index (χ0n) is 9.68. The Labute approximate surface area is 108 Å². The molecule has 0 atom stereocenters. The number of nitrogens with zero attached hydrogens (tertiary/aromatic N) is 1. The van der Waals surface area contributed by atoms with Crippen molar-refractivity contribution in [3.8, 4) is 0 Å². The normalized spacial score (nSPS) is 11.5. The predicted molar refractivity (Wildman–Crippen MR) is 65.9 cm³/mol. The highest BCUT2D eigenvalue weighted by atomic mass is 32.2. The molecule has 1 heterocycles. The summed E-state index contributed by atoms with van der Waals surface area (Å²) in [5.74, 6) is -1.84. The van der Waals surface area contributed by atoms with E-state index in [1.165, 1.54) is 12.3 Å². The lowest BCUT2D eigenvalue weighted by Crippen LogP contribution is -2.09. The van der Waals surface area contributed by atoms with Crippen molar-refractivity contribution in [3.05, 3.63) is 53.9 Å². The summed E-state index contributed by atoms with van der Waals surface area (Å²) in [7, 11) is -3.85. The van der Waals surface area contributed by atoms with E-state index in [9.17, 15) is 17.2 Å². The molecule has 2 N–H and O–H groups in total. The molecule has 0 fully saturated rings. The number of halogens is 2. The van der Waals surface area contributed by atoms with Gasteiger partial charge in [0.2, 0.25) is 0 Å². The quantitative estimate of drug-likeness (QED) is 0.874. The first kappa shape index (κ1) is 13.4. The minimum Gasteiger partial charge on any atom is -0.398 e. The third-order valence-corrected chi connectivity index (χ3v) is 4.17. The van der Waals surface area contributed by atoms with E-state index in [1.54, 1.807) is 0 Å². The topological polar surface area (TPSA) is 73.1 Å². The molecule has 0 saturated heterocycles. The van der Waals surface area contributed by atoms with Crippen molar-refractivity contribution < 1.29 is 17.2 Å². The molecule has 100 valence electrons. The molecule has 0 unspecified atom stereocenters. The second kappa shape index (κ2) is 4.93. The fraction of sp³-hybridized carbons (Fsp3) is 0.0833. The number of nitrogens with two attached hydrogens (primary N) is 1. The molecule has 19 heavy (non-hydrogen) atoms. The van der Waals surface area contributed by atoms with E-state index < -0.39 is 27.2 Å². The first-order valence-corrected chi connectivity index (χ1v) is 6.91. The largest absolute Gasteiger partial charge is 0.398 e. The number of pyridine rings is 1. The van der Waals surface area contributed by atoms with E-state index in [0.29, 0.717) is 0 Å². The first-order valence-electron chi connectivity index (χ1n) is 5.26. The molecule has 4 nitrogen and oxygen atoms in total. The molecule has 0 radical (unpaired) electrons. The fourth-order valence-corrected chi connectivity index (χ4v) is 3.08. The van der Waals surface area contributed by atoms with Crippen LogP contribution in [0.5, 0.6) is 0 Å². The molecule has 0 bridgehead atoms. The van der Waals surface area contributed by atoms with Crippen LogP contribution < -0.4 is 5.73 Å².